The molecule has 0 saturated carbocycles. The third-order valence-corrected chi connectivity index (χ3v) is 4.85. The number of nitrogens with zero attached hydrogens (tertiary/aromatic N) is 3. The van der Waals surface area contributed by atoms with Gasteiger partial charge in [-0.25, -0.2) is 9.78 Å². The van der Waals surface area contributed by atoms with Crippen molar-refractivity contribution in [3.8, 4) is 0 Å². The minimum absolute atomic E-state index is 0.0524. The van der Waals surface area contributed by atoms with Crippen molar-refractivity contribution >= 4 is 39.3 Å². The molecule has 0 aliphatic carbocycles. The van der Waals surface area contributed by atoms with Crippen LogP contribution in [0.2, 0.25) is 0 Å². The normalized spacial score (nSPS) is 14.3. The van der Waals surface area contributed by atoms with E-state index in [-0.39, 0.29) is 12.5 Å². The Morgan fingerprint density at radius 2 is 2.08 bits per heavy atom. The maximum atomic E-state index is 12.1. The number of fused-ring (bicyclic) bond motifs is 1. The van der Waals surface area contributed by atoms with Gasteiger partial charge in [0, 0.05) is 20.1 Å². The van der Waals surface area contributed by atoms with Gasteiger partial charge in [-0.05, 0) is 18.2 Å². The number of esters is 1. The van der Waals surface area contributed by atoms with E-state index in [2.05, 4.69) is 4.98 Å². The van der Waals surface area contributed by atoms with Crippen LogP contribution in [0.4, 0.5) is 0 Å². The van der Waals surface area contributed by atoms with Crippen LogP contribution in [0.15, 0.2) is 23.7 Å². The van der Waals surface area contributed by atoms with Gasteiger partial charge in [-0.1, -0.05) is 0 Å². The summed E-state index contributed by atoms with van der Waals surface area (Å²) in [6.45, 7) is 1.59. The van der Waals surface area contributed by atoms with Gasteiger partial charge in [0.15, 0.2) is 6.61 Å². The largest absolute Gasteiger partial charge is 0.452 e. The summed E-state index contributed by atoms with van der Waals surface area (Å²) in [6, 6.07) is 5.03. The Balaban J connectivity index is 1.49. The van der Waals surface area contributed by atoms with E-state index in [1.807, 2.05) is 0 Å². The molecule has 8 nitrogen and oxygen atoms in total. The average Bonchev–Trinajstić information content (AvgIpc) is 3.14. The van der Waals surface area contributed by atoms with Gasteiger partial charge in [-0.2, -0.15) is 0 Å². The van der Waals surface area contributed by atoms with Crippen molar-refractivity contribution in [3.05, 3.63) is 29.3 Å². The minimum Gasteiger partial charge on any atom is -0.452 e. The zero-order chi connectivity index (χ0) is 18.5. The Hall–Kier alpha value is -2.52. The number of aromatic nitrogens is 1. The number of thiazole rings is 1. The summed E-state index contributed by atoms with van der Waals surface area (Å²) in [7, 11) is 1.51. The van der Waals surface area contributed by atoms with Crippen molar-refractivity contribution in [2.75, 3.05) is 46.5 Å². The zero-order valence-corrected chi connectivity index (χ0v) is 15.2. The number of rotatable bonds is 5. The van der Waals surface area contributed by atoms with Gasteiger partial charge in [0.05, 0.1) is 41.0 Å². The molecule has 0 N–H and O–H groups in total. The molecule has 1 aromatic heterocycles. The minimum atomic E-state index is -0.582. The number of likely N-dealkylation sites (N-methyl/N-ethyl adjacent to an activating group) is 1. The highest BCUT2D eigenvalue weighted by molar-refractivity contribution is 7.16. The summed E-state index contributed by atoms with van der Waals surface area (Å²) < 4.78 is 11.1. The molecule has 0 atom stereocenters. The lowest BCUT2D eigenvalue weighted by atomic mass is 10.2. The van der Waals surface area contributed by atoms with Gasteiger partial charge in [0.1, 0.15) is 0 Å². The maximum absolute atomic E-state index is 12.1. The van der Waals surface area contributed by atoms with Gasteiger partial charge < -0.3 is 19.3 Å². The molecule has 1 aromatic carbocycles. The number of benzene rings is 1. The van der Waals surface area contributed by atoms with Crippen molar-refractivity contribution < 1.29 is 23.9 Å². The first-order chi connectivity index (χ1) is 12.5. The molecule has 26 heavy (non-hydrogen) atoms. The lowest BCUT2D eigenvalue weighted by Crippen LogP contribution is -2.46. The summed E-state index contributed by atoms with van der Waals surface area (Å²) >= 11 is 1.42. The van der Waals surface area contributed by atoms with Crippen LogP contribution in [0.3, 0.4) is 0 Å². The summed E-state index contributed by atoms with van der Waals surface area (Å²) in [4.78, 5) is 43.4. The highest BCUT2D eigenvalue weighted by Crippen LogP contribution is 2.19. The van der Waals surface area contributed by atoms with Crippen LogP contribution in [0.5, 0.6) is 0 Å². The second-order valence-corrected chi connectivity index (χ2v) is 6.74. The van der Waals surface area contributed by atoms with Crippen LogP contribution in [0, 0.1) is 0 Å². The summed E-state index contributed by atoms with van der Waals surface area (Å²) in [5.74, 6) is -1.16. The highest BCUT2D eigenvalue weighted by atomic mass is 32.1. The number of hydrogen-bond donors (Lipinski definition) is 0. The van der Waals surface area contributed by atoms with Gasteiger partial charge in [-0.3, -0.25) is 9.59 Å². The SMILES string of the molecule is CN(CC(=O)N1CCOCC1)C(=O)COC(=O)c1ccc2ncsc2c1. The summed E-state index contributed by atoms with van der Waals surface area (Å²) in [5, 5.41) is 0. The van der Waals surface area contributed by atoms with Crippen LogP contribution in [-0.4, -0.2) is 79.1 Å². The van der Waals surface area contributed by atoms with E-state index in [1.165, 1.54) is 23.3 Å². The van der Waals surface area contributed by atoms with Crippen LogP contribution in [0.25, 0.3) is 10.2 Å². The molecule has 1 aliphatic rings. The van der Waals surface area contributed by atoms with Crippen molar-refractivity contribution in [1.82, 2.24) is 14.8 Å². The van der Waals surface area contributed by atoms with Crippen LogP contribution in [-0.2, 0) is 19.1 Å². The Bertz CT molecular complexity index is 816. The second kappa shape index (κ2) is 8.24. The van der Waals surface area contributed by atoms with E-state index in [0.29, 0.717) is 31.9 Å². The van der Waals surface area contributed by atoms with Crippen LogP contribution < -0.4 is 0 Å². The summed E-state index contributed by atoms with van der Waals surface area (Å²) in [5.41, 5.74) is 2.87. The first-order valence-corrected chi connectivity index (χ1v) is 9.02. The molecule has 1 saturated heterocycles. The molecule has 0 radical (unpaired) electrons. The molecule has 2 amide bonds. The Kier molecular flexibility index (Phi) is 5.79. The van der Waals surface area contributed by atoms with E-state index in [4.69, 9.17) is 9.47 Å². The fourth-order valence-corrected chi connectivity index (χ4v) is 3.22. The Morgan fingerprint density at radius 3 is 2.85 bits per heavy atom. The van der Waals surface area contributed by atoms with E-state index >= 15 is 0 Å². The molecule has 2 aromatic rings. The number of carbonyl (C=O) groups excluding carboxylic acids is 3. The Labute approximate surface area is 154 Å². The lowest BCUT2D eigenvalue weighted by molar-refractivity contribution is -0.143. The molecule has 0 bridgehead atoms. The van der Waals surface area contributed by atoms with E-state index in [1.54, 1.807) is 28.6 Å². The molecule has 9 heteroatoms. The molecule has 0 unspecified atom stereocenters. The monoisotopic (exact) mass is 377 g/mol. The zero-order valence-electron chi connectivity index (χ0n) is 14.3. The topological polar surface area (TPSA) is 89.0 Å². The van der Waals surface area contributed by atoms with Crippen molar-refractivity contribution in [1.29, 1.82) is 0 Å². The third kappa shape index (κ3) is 4.36. The fourth-order valence-electron chi connectivity index (χ4n) is 2.51. The second-order valence-electron chi connectivity index (χ2n) is 5.85. The smallest absolute Gasteiger partial charge is 0.338 e. The predicted molar refractivity (Wildman–Crippen MR) is 94.9 cm³/mol. The van der Waals surface area contributed by atoms with E-state index in [9.17, 15) is 14.4 Å². The van der Waals surface area contributed by atoms with Crippen LogP contribution in [0.1, 0.15) is 10.4 Å². The quantitative estimate of drug-likeness (QED) is 0.715. The van der Waals surface area contributed by atoms with Gasteiger partial charge >= 0.3 is 5.97 Å². The fraction of sp³-hybridized carbons (Fsp3) is 0.412. The third-order valence-electron chi connectivity index (χ3n) is 4.06. The van der Waals surface area contributed by atoms with Crippen molar-refractivity contribution in [3.63, 3.8) is 0 Å². The molecular weight excluding hydrogens is 358 g/mol. The van der Waals surface area contributed by atoms with Crippen LogP contribution >= 0.6 is 11.3 Å². The first-order valence-electron chi connectivity index (χ1n) is 8.14. The van der Waals surface area contributed by atoms with E-state index in [0.717, 1.165) is 10.2 Å². The number of amides is 2. The molecule has 1 fully saturated rings. The molecule has 1 aliphatic heterocycles. The van der Waals surface area contributed by atoms with Gasteiger partial charge in [0.2, 0.25) is 5.91 Å². The Morgan fingerprint density at radius 1 is 1.31 bits per heavy atom. The number of carbonyl (C=O) groups is 3. The van der Waals surface area contributed by atoms with Crippen molar-refractivity contribution in [2.45, 2.75) is 0 Å². The maximum Gasteiger partial charge on any atom is 0.338 e. The molecular formula is C17H19N3O5S. The van der Waals surface area contributed by atoms with Gasteiger partial charge in [-0.15, -0.1) is 11.3 Å². The van der Waals surface area contributed by atoms with E-state index < -0.39 is 18.5 Å². The predicted octanol–water partition coefficient (Wildman–Crippen LogP) is 0.770. The number of hydrogen-bond acceptors (Lipinski definition) is 7. The molecule has 138 valence electrons. The number of morpholine rings is 1. The molecule has 0 spiro atoms. The average molecular weight is 377 g/mol. The first kappa shape index (κ1) is 18.3. The van der Waals surface area contributed by atoms with Crippen molar-refractivity contribution in [2.24, 2.45) is 0 Å². The lowest BCUT2D eigenvalue weighted by Gasteiger charge is -2.28. The molecule has 3 rings (SSSR count). The molecule has 2 heterocycles. The number of ether oxygens (including phenoxy) is 2. The summed E-state index contributed by atoms with van der Waals surface area (Å²) in [6.07, 6.45) is 0. The highest BCUT2D eigenvalue weighted by Gasteiger charge is 2.21. The standard InChI is InChI=1S/C17H19N3O5S/c1-19(9-15(21)20-4-6-24-7-5-20)16(22)10-25-17(23)12-2-3-13-14(8-12)26-11-18-13/h2-3,8,11H,4-7,9-10H2,1H3. The van der Waals surface area contributed by atoms with Gasteiger partial charge in [0.25, 0.3) is 5.91 Å².